The predicted molar refractivity (Wildman–Crippen MR) is 126 cm³/mol. The molecule has 3 heterocycles. The number of amides is 3. The number of urea groups is 1. The SMILES string of the molecule is COc1cc(CN2CCC([C@]3(CCCc4ccccc4)NC(=O)NC3=O)CC2)cc2c1OCO2. The molecular formula is C26H31N3O5. The minimum absolute atomic E-state index is 0.109. The summed E-state index contributed by atoms with van der Waals surface area (Å²) >= 11 is 0. The standard InChI is InChI=1S/C26H31N3O5/c1-32-21-14-19(15-22-23(21)34-17-33-22)16-29-12-9-20(10-13-29)26(24(30)27-25(31)28-26)11-5-8-18-6-3-2-4-7-18/h2-4,6-7,14-15,20H,5,8-13,16-17H2,1H3,(H2,27,28,30,31)/t26-/m0/s1. The van der Waals surface area contributed by atoms with E-state index in [0.29, 0.717) is 23.7 Å². The maximum absolute atomic E-state index is 13.0. The summed E-state index contributed by atoms with van der Waals surface area (Å²) < 4.78 is 16.5. The van der Waals surface area contributed by atoms with E-state index < -0.39 is 5.54 Å². The van der Waals surface area contributed by atoms with Crippen LogP contribution in [0.2, 0.25) is 0 Å². The topological polar surface area (TPSA) is 89.1 Å². The van der Waals surface area contributed by atoms with Crippen LogP contribution in [0.15, 0.2) is 42.5 Å². The van der Waals surface area contributed by atoms with Crippen molar-refractivity contribution in [1.29, 1.82) is 0 Å². The molecule has 0 saturated carbocycles. The maximum Gasteiger partial charge on any atom is 0.322 e. The molecule has 0 radical (unpaired) electrons. The van der Waals surface area contributed by atoms with Crippen LogP contribution in [0.5, 0.6) is 17.2 Å². The lowest BCUT2D eigenvalue weighted by molar-refractivity contribution is -0.127. The van der Waals surface area contributed by atoms with Gasteiger partial charge < -0.3 is 19.5 Å². The van der Waals surface area contributed by atoms with Gasteiger partial charge in [-0.05, 0) is 74.4 Å². The molecule has 5 rings (SSSR count). The van der Waals surface area contributed by atoms with Crippen molar-refractivity contribution in [2.24, 2.45) is 5.92 Å². The first kappa shape index (κ1) is 22.5. The van der Waals surface area contributed by atoms with Gasteiger partial charge in [-0.2, -0.15) is 0 Å². The van der Waals surface area contributed by atoms with E-state index in [9.17, 15) is 9.59 Å². The number of ether oxygens (including phenoxy) is 3. The molecule has 3 aliphatic heterocycles. The Hall–Kier alpha value is -3.26. The van der Waals surface area contributed by atoms with Gasteiger partial charge in [-0.3, -0.25) is 15.0 Å². The molecule has 2 fully saturated rings. The summed E-state index contributed by atoms with van der Waals surface area (Å²) in [5.41, 5.74) is 1.53. The number of nitrogens with one attached hydrogen (secondary N) is 2. The number of imide groups is 1. The average Bonchev–Trinajstić information content (AvgIpc) is 3.43. The van der Waals surface area contributed by atoms with E-state index in [1.165, 1.54) is 5.56 Å². The molecule has 34 heavy (non-hydrogen) atoms. The number of methoxy groups -OCH3 is 1. The van der Waals surface area contributed by atoms with Crippen LogP contribution in [0.4, 0.5) is 4.79 Å². The van der Waals surface area contributed by atoms with Gasteiger partial charge in [-0.15, -0.1) is 0 Å². The molecule has 0 spiro atoms. The average molecular weight is 466 g/mol. The van der Waals surface area contributed by atoms with Gasteiger partial charge in [0.05, 0.1) is 7.11 Å². The van der Waals surface area contributed by atoms with E-state index in [2.05, 4.69) is 27.7 Å². The second-order valence-electron chi connectivity index (χ2n) is 9.30. The lowest BCUT2D eigenvalue weighted by Gasteiger charge is -2.40. The number of benzene rings is 2. The third kappa shape index (κ3) is 4.42. The van der Waals surface area contributed by atoms with Crippen molar-refractivity contribution in [1.82, 2.24) is 15.5 Å². The number of nitrogens with zero attached hydrogens (tertiary/aromatic N) is 1. The number of piperidine rings is 1. The minimum atomic E-state index is -0.820. The first-order chi connectivity index (χ1) is 16.6. The Bertz CT molecular complexity index is 1050. The summed E-state index contributed by atoms with van der Waals surface area (Å²) in [6.07, 6.45) is 4.07. The fourth-order valence-electron chi connectivity index (χ4n) is 5.51. The summed E-state index contributed by atoms with van der Waals surface area (Å²) in [6, 6.07) is 13.9. The molecule has 0 unspecified atom stereocenters. The highest BCUT2D eigenvalue weighted by Gasteiger charge is 2.51. The van der Waals surface area contributed by atoms with Crippen LogP contribution in [0, 0.1) is 5.92 Å². The van der Waals surface area contributed by atoms with Gasteiger partial charge in [-0.1, -0.05) is 30.3 Å². The summed E-state index contributed by atoms with van der Waals surface area (Å²) in [7, 11) is 1.63. The number of carbonyl (C=O) groups is 2. The Morgan fingerprint density at radius 2 is 1.88 bits per heavy atom. The van der Waals surface area contributed by atoms with Crippen molar-refractivity contribution in [2.75, 3.05) is 27.0 Å². The summed E-state index contributed by atoms with van der Waals surface area (Å²) in [6.45, 7) is 2.68. The van der Waals surface area contributed by atoms with Crippen LogP contribution in [0.3, 0.4) is 0 Å². The molecule has 2 aromatic carbocycles. The Morgan fingerprint density at radius 1 is 1.09 bits per heavy atom. The molecule has 0 bridgehead atoms. The minimum Gasteiger partial charge on any atom is -0.493 e. The van der Waals surface area contributed by atoms with E-state index in [1.54, 1.807) is 7.11 Å². The van der Waals surface area contributed by atoms with E-state index in [0.717, 1.165) is 50.9 Å². The van der Waals surface area contributed by atoms with Gasteiger partial charge in [0.15, 0.2) is 11.5 Å². The third-order valence-electron chi connectivity index (χ3n) is 7.26. The van der Waals surface area contributed by atoms with E-state index in [4.69, 9.17) is 14.2 Å². The molecule has 3 aliphatic rings. The smallest absolute Gasteiger partial charge is 0.322 e. The van der Waals surface area contributed by atoms with E-state index >= 15 is 0 Å². The first-order valence-corrected chi connectivity index (χ1v) is 11.9. The van der Waals surface area contributed by atoms with Gasteiger partial charge in [0.1, 0.15) is 5.54 Å². The normalized spacial score (nSPS) is 22.5. The summed E-state index contributed by atoms with van der Waals surface area (Å²) in [4.78, 5) is 27.4. The molecular weight excluding hydrogens is 434 g/mol. The number of fused-ring (bicyclic) bond motifs is 1. The predicted octanol–water partition coefficient (Wildman–Crippen LogP) is 3.24. The third-order valence-corrected chi connectivity index (χ3v) is 7.26. The van der Waals surface area contributed by atoms with Crippen molar-refractivity contribution in [3.63, 3.8) is 0 Å². The number of aryl methyl sites for hydroxylation is 1. The van der Waals surface area contributed by atoms with Crippen molar-refractivity contribution >= 4 is 11.9 Å². The molecule has 2 saturated heterocycles. The first-order valence-electron chi connectivity index (χ1n) is 11.9. The lowest BCUT2D eigenvalue weighted by atomic mass is 9.74. The Kier molecular flexibility index (Phi) is 6.32. The quantitative estimate of drug-likeness (QED) is 0.582. The van der Waals surface area contributed by atoms with Gasteiger partial charge in [0, 0.05) is 6.54 Å². The molecule has 180 valence electrons. The number of hydrogen-bond donors (Lipinski definition) is 2. The second-order valence-corrected chi connectivity index (χ2v) is 9.30. The largest absolute Gasteiger partial charge is 0.493 e. The zero-order valence-electron chi connectivity index (χ0n) is 19.5. The van der Waals surface area contributed by atoms with E-state index in [1.807, 2.05) is 30.3 Å². The Labute approximate surface area is 199 Å². The molecule has 0 aromatic heterocycles. The molecule has 2 aromatic rings. The van der Waals surface area contributed by atoms with Gasteiger partial charge in [-0.25, -0.2) is 4.79 Å². The fraction of sp³-hybridized carbons (Fsp3) is 0.462. The number of carbonyl (C=O) groups excluding carboxylic acids is 2. The molecule has 0 aliphatic carbocycles. The van der Waals surface area contributed by atoms with Crippen molar-refractivity contribution in [2.45, 2.75) is 44.2 Å². The Balaban J connectivity index is 1.22. The lowest BCUT2D eigenvalue weighted by Crippen LogP contribution is -2.56. The second kappa shape index (κ2) is 9.54. The van der Waals surface area contributed by atoms with E-state index in [-0.39, 0.29) is 24.6 Å². The zero-order chi connectivity index (χ0) is 23.5. The van der Waals surface area contributed by atoms with Crippen molar-refractivity contribution in [3.8, 4) is 17.2 Å². The highest BCUT2D eigenvalue weighted by Crippen LogP contribution is 2.42. The van der Waals surface area contributed by atoms with Crippen LogP contribution in [0.25, 0.3) is 0 Å². The summed E-state index contributed by atoms with van der Waals surface area (Å²) in [5.74, 6) is 1.99. The van der Waals surface area contributed by atoms with Crippen LogP contribution in [-0.2, 0) is 17.8 Å². The molecule has 3 amide bonds. The monoisotopic (exact) mass is 465 g/mol. The van der Waals surface area contributed by atoms with Gasteiger partial charge in [0.2, 0.25) is 12.5 Å². The Morgan fingerprint density at radius 3 is 2.59 bits per heavy atom. The van der Waals surface area contributed by atoms with Crippen molar-refractivity contribution < 1.29 is 23.8 Å². The van der Waals surface area contributed by atoms with Crippen LogP contribution in [0.1, 0.15) is 36.8 Å². The summed E-state index contributed by atoms with van der Waals surface area (Å²) in [5, 5.41) is 5.51. The number of likely N-dealkylation sites (tertiary alicyclic amines) is 1. The maximum atomic E-state index is 13.0. The molecule has 2 N–H and O–H groups in total. The highest BCUT2D eigenvalue weighted by atomic mass is 16.7. The molecule has 1 atom stereocenters. The molecule has 8 heteroatoms. The number of rotatable bonds is 8. The van der Waals surface area contributed by atoms with Gasteiger partial charge in [0.25, 0.3) is 5.91 Å². The van der Waals surface area contributed by atoms with Crippen LogP contribution >= 0.6 is 0 Å². The zero-order valence-corrected chi connectivity index (χ0v) is 19.5. The van der Waals surface area contributed by atoms with Gasteiger partial charge >= 0.3 is 6.03 Å². The highest BCUT2D eigenvalue weighted by molar-refractivity contribution is 6.07. The van der Waals surface area contributed by atoms with Crippen molar-refractivity contribution in [3.05, 3.63) is 53.6 Å². The van der Waals surface area contributed by atoms with Crippen LogP contribution < -0.4 is 24.8 Å². The fourth-order valence-corrected chi connectivity index (χ4v) is 5.51. The van der Waals surface area contributed by atoms with Crippen LogP contribution in [-0.4, -0.2) is 49.4 Å². The molecule has 8 nitrogen and oxygen atoms in total. The number of hydrogen-bond acceptors (Lipinski definition) is 6.